The predicted octanol–water partition coefficient (Wildman–Crippen LogP) is 1.35. The number of halogens is 3. The second kappa shape index (κ2) is 2.85. The first kappa shape index (κ1) is 9.75. The molecule has 2 rings (SSSR count). The van der Waals surface area contributed by atoms with Gasteiger partial charge < -0.3 is 0 Å². The lowest BCUT2D eigenvalue weighted by atomic mass is 10.2. The number of rotatable bonds is 0. The molecule has 0 amide bonds. The monoisotopic (exact) mass is 217 g/mol. The van der Waals surface area contributed by atoms with Gasteiger partial charge in [0.1, 0.15) is 5.82 Å². The van der Waals surface area contributed by atoms with Crippen molar-refractivity contribution in [2.45, 2.75) is 13.1 Å². The largest absolute Gasteiger partial charge is 0.416 e. The van der Waals surface area contributed by atoms with Crippen molar-refractivity contribution in [1.82, 2.24) is 14.6 Å². The summed E-state index contributed by atoms with van der Waals surface area (Å²) in [5.74, 6) is 0.381. The first-order valence-electron chi connectivity index (χ1n) is 4.04. The van der Waals surface area contributed by atoms with Gasteiger partial charge in [-0.05, 0) is 13.0 Å². The zero-order valence-electron chi connectivity index (χ0n) is 7.59. The molecule has 0 unspecified atom stereocenters. The average molecular weight is 217 g/mol. The first-order chi connectivity index (χ1) is 6.88. The van der Waals surface area contributed by atoms with Crippen molar-refractivity contribution in [3.8, 4) is 0 Å². The van der Waals surface area contributed by atoms with Gasteiger partial charge in [0.25, 0.3) is 5.56 Å². The normalized spacial score (nSPS) is 12.3. The Bertz CT molecular complexity index is 566. The molecular weight excluding hydrogens is 211 g/mol. The first-order valence-corrected chi connectivity index (χ1v) is 4.04. The molecular formula is C8H6F3N3O. The third kappa shape index (κ3) is 1.60. The molecule has 0 aliphatic heterocycles. The van der Waals surface area contributed by atoms with Crippen molar-refractivity contribution in [3.63, 3.8) is 0 Å². The van der Waals surface area contributed by atoms with Gasteiger partial charge in [-0.1, -0.05) is 0 Å². The van der Waals surface area contributed by atoms with Crippen LogP contribution in [-0.4, -0.2) is 14.6 Å². The SMILES string of the molecule is Cc1nc2cc(C(F)(F)F)cc(=O)n2[nH]1. The van der Waals surface area contributed by atoms with Crippen LogP contribution in [0.15, 0.2) is 16.9 Å². The molecule has 0 aliphatic rings. The molecule has 0 aliphatic carbocycles. The van der Waals surface area contributed by atoms with Crippen molar-refractivity contribution in [2.24, 2.45) is 0 Å². The van der Waals surface area contributed by atoms with E-state index < -0.39 is 17.3 Å². The number of nitrogens with zero attached hydrogens (tertiary/aromatic N) is 2. The van der Waals surface area contributed by atoms with Crippen molar-refractivity contribution in [3.05, 3.63) is 33.9 Å². The summed E-state index contributed by atoms with van der Waals surface area (Å²) in [5.41, 5.74) is -1.80. The van der Waals surface area contributed by atoms with Crippen molar-refractivity contribution < 1.29 is 13.2 Å². The molecule has 0 aromatic carbocycles. The second-order valence-electron chi connectivity index (χ2n) is 3.08. The van der Waals surface area contributed by atoms with Crippen LogP contribution in [0.25, 0.3) is 5.65 Å². The number of nitrogens with one attached hydrogen (secondary N) is 1. The molecule has 0 saturated heterocycles. The van der Waals surface area contributed by atoms with Crippen molar-refractivity contribution in [2.75, 3.05) is 0 Å². The summed E-state index contributed by atoms with van der Waals surface area (Å²) in [6, 6.07) is 1.36. The van der Waals surface area contributed by atoms with E-state index in [1.807, 2.05) is 0 Å². The third-order valence-electron chi connectivity index (χ3n) is 1.90. The van der Waals surface area contributed by atoms with E-state index in [1.165, 1.54) is 0 Å². The van der Waals surface area contributed by atoms with E-state index in [1.54, 1.807) is 6.92 Å². The quantitative estimate of drug-likeness (QED) is 0.724. The molecule has 0 radical (unpaired) electrons. The molecule has 15 heavy (non-hydrogen) atoms. The summed E-state index contributed by atoms with van der Waals surface area (Å²) in [7, 11) is 0. The Hall–Kier alpha value is -1.79. The Kier molecular flexibility index (Phi) is 1.85. The highest BCUT2D eigenvalue weighted by molar-refractivity contribution is 5.41. The predicted molar refractivity (Wildman–Crippen MR) is 45.6 cm³/mol. The lowest BCUT2D eigenvalue weighted by Gasteiger charge is -2.04. The number of aryl methyl sites for hydroxylation is 1. The molecule has 4 nitrogen and oxygen atoms in total. The number of alkyl halides is 3. The summed E-state index contributed by atoms with van der Waals surface area (Å²) < 4.78 is 37.9. The molecule has 2 aromatic heterocycles. The second-order valence-corrected chi connectivity index (χ2v) is 3.08. The molecule has 0 spiro atoms. The van der Waals surface area contributed by atoms with Crippen LogP contribution in [0.2, 0.25) is 0 Å². The van der Waals surface area contributed by atoms with Crippen LogP contribution in [0.1, 0.15) is 11.4 Å². The zero-order chi connectivity index (χ0) is 11.2. The van der Waals surface area contributed by atoms with Gasteiger partial charge in [-0.15, -0.1) is 0 Å². The van der Waals surface area contributed by atoms with Crippen LogP contribution >= 0.6 is 0 Å². The van der Waals surface area contributed by atoms with E-state index >= 15 is 0 Å². The number of fused-ring (bicyclic) bond motifs is 1. The standard InChI is InChI=1S/C8H6F3N3O/c1-4-12-6-2-5(8(9,10)11)3-7(15)14(6)13-4/h2-3H,1H3,(H,12,13). The lowest BCUT2D eigenvalue weighted by molar-refractivity contribution is -0.137. The minimum absolute atomic E-state index is 0.0349. The van der Waals surface area contributed by atoms with E-state index in [2.05, 4.69) is 10.1 Å². The summed E-state index contributed by atoms with van der Waals surface area (Å²) in [6.07, 6.45) is -4.53. The number of H-pyrrole nitrogens is 1. The van der Waals surface area contributed by atoms with E-state index in [-0.39, 0.29) is 5.65 Å². The van der Waals surface area contributed by atoms with E-state index in [9.17, 15) is 18.0 Å². The average Bonchev–Trinajstić information content (AvgIpc) is 2.44. The molecule has 1 N–H and O–H groups in total. The lowest BCUT2D eigenvalue weighted by Crippen LogP contribution is -2.17. The van der Waals surface area contributed by atoms with Crippen LogP contribution in [0, 0.1) is 6.92 Å². The van der Waals surface area contributed by atoms with Crippen LogP contribution < -0.4 is 5.56 Å². The molecule has 0 fully saturated rings. The van der Waals surface area contributed by atoms with E-state index in [4.69, 9.17) is 0 Å². The molecule has 2 aromatic rings. The summed E-state index contributed by atoms with van der Waals surface area (Å²) in [4.78, 5) is 15.0. The topological polar surface area (TPSA) is 50.2 Å². The van der Waals surface area contributed by atoms with Crippen LogP contribution in [0.4, 0.5) is 13.2 Å². The zero-order valence-corrected chi connectivity index (χ0v) is 7.59. The van der Waals surface area contributed by atoms with Gasteiger partial charge in [0.2, 0.25) is 0 Å². The number of aromatic amines is 1. The summed E-state index contributed by atoms with van der Waals surface area (Å²) in [6.45, 7) is 1.56. The summed E-state index contributed by atoms with van der Waals surface area (Å²) in [5, 5.41) is 2.53. The third-order valence-corrected chi connectivity index (χ3v) is 1.90. The van der Waals surface area contributed by atoms with Gasteiger partial charge >= 0.3 is 6.18 Å². The molecule has 0 saturated carbocycles. The van der Waals surface area contributed by atoms with Gasteiger partial charge in [-0.2, -0.15) is 13.2 Å². The van der Waals surface area contributed by atoms with Crippen molar-refractivity contribution in [1.29, 1.82) is 0 Å². The highest BCUT2D eigenvalue weighted by Gasteiger charge is 2.31. The fourth-order valence-electron chi connectivity index (χ4n) is 1.27. The molecule has 80 valence electrons. The van der Waals surface area contributed by atoms with Crippen LogP contribution in [-0.2, 0) is 6.18 Å². The Morgan fingerprint density at radius 1 is 1.40 bits per heavy atom. The van der Waals surface area contributed by atoms with Crippen LogP contribution in [0.5, 0.6) is 0 Å². The Morgan fingerprint density at radius 3 is 2.67 bits per heavy atom. The van der Waals surface area contributed by atoms with Crippen LogP contribution in [0.3, 0.4) is 0 Å². The highest BCUT2D eigenvalue weighted by atomic mass is 19.4. The smallest absolute Gasteiger partial charge is 0.277 e. The minimum atomic E-state index is -4.53. The van der Waals surface area contributed by atoms with E-state index in [0.29, 0.717) is 11.9 Å². The minimum Gasteiger partial charge on any atom is -0.277 e. The van der Waals surface area contributed by atoms with E-state index in [0.717, 1.165) is 10.6 Å². The number of aromatic nitrogens is 3. The Balaban J connectivity index is 2.78. The van der Waals surface area contributed by atoms with Gasteiger partial charge in [-0.3, -0.25) is 9.89 Å². The Labute approximate surface area is 81.3 Å². The molecule has 2 heterocycles. The molecule has 0 atom stereocenters. The highest BCUT2D eigenvalue weighted by Crippen LogP contribution is 2.28. The number of pyridine rings is 1. The van der Waals surface area contributed by atoms with Crippen molar-refractivity contribution >= 4 is 5.65 Å². The Morgan fingerprint density at radius 2 is 2.07 bits per heavy atom. The molecule has 7 heteroatoms. The molecule has 0 bridgehead atoms. The maximum absolute atomic E-state index is 12.3. The summed E-state index contributed by atoms with van der Waals surface area (Å²) >= 11 is 0. The fraction of sp³-hybridized carbons (Fsp3) is 0.250. The van der Waals surface area contributed by atoms with Gasteiger partial charge in [0.05, 0.1) is 5.56 Å². The van der Waals surface area contributed by atoms with Gasteiger partial charge in [0, 0.05) is 6.07 Å². The maximum Gasteiger partial charge on any atom is 0.416 e. The maximum atomic E-state index is 12.3. The number of hydrogen-bond acceptors (Lipinski definition) is 2. The number of hydrogen-bond donors (Lipinski definition) is 1. The van der Waals surface area contributed by atoms with Gasteiger partial charge in [-0.25, -0.2) is 9.50 Å². The van der Waals surface area contributed by atoms with Gasteiger partial charge in [0.15, 0.2) is 5.65 Å². The fourth-order valence-corrected chi connectivity index (χ4v) is 1.27.